The van der Waals surface area contributed by atoms with E-state index in [2.05, 4.69) is 20.8 Å². The number of amides is 2. The minimum atomic E-state index is -0.426. The molecule has 134 valence electrons. The van der Waals surface area contributed by atoms with Crippen LogP contribution >= 0.6 is 34.9 Å². The van der Waals surface area contributed by atoms with Crippen molar-refractivity contribution in [3.8, 4) is 0 Å². The predicted molar refractivity (Wildman–Crippen MR) is 102 cm³/mol. The Hall–Kier alpha value is -1.65. The van der Waals surface area contributed by atoms with Crippen LogP contribution in [0.1, 0.15) is 13.8 Å². The lowest BCUT2D eigenvalue weighted by Gasteiger charge is -2.10. The Bertz CT molecular complexity index is 724. The van der Waals surface area contributed by atoms with Crippen molar-refractivity contribution in [2.24, 2.45) is 0 Å². The van der Waals surface area contributed by atoms with Crippen molar-refractivity contribution < 1.29 is 14.0 Å². The van der Waals surface area contributed by atoms with Gasteiger partial charge in [-0.25, -0.2) is 4.39 Å². The number of hydrogen-bond donors (Lipinski definition) is 2. The molecule has 0 spiro atoms. The molecule has 1 aromatic carbocycles. The lowest BCUT2D eigenvalue weighted by Crippen LogP contribution is -2.25. The maximum atomic E-state index is 12.8. The summed E-state index contributed by atoms with van der Waals surface area (Å²) in [6.07, 6.45) is 0. The van der Waals surface area contributed by atoms with Crippen LogP contribution in [-0.4, -0.2) is 38.8 Å². The summed E-state index contributed by atoms with van der Waals surface area (Å²) in [4.78, 5) is 24.0. The van der Waals surface area contributed by atoms with E-state index in [4.69, 9.17) is 0 Å². The Kier molecular flexibility index (Phi) is 7.66. The number of benzene rings is 1. The number of carbonyl (C=O) groups is 2. The summed E-state index contributed by atoms with van der Waals surface area (Å²) in [5, 5.41) is 13.2. The predicted octanol–water partition coefficient (Wildman–Crippen LogP) is 3.49. The fourth-order valence-corrected chi connectivity index (χ4v) is 3.99. The summed E-state index contributed by atoms with van der Waals surface area (Å²) in [7, 11) is 0. The smallest absolute Gasteiger partial charge is 0.239 e. The molecule has 2 N–H and O–H groups in total. The van der Waals surface area contributed by atoms with E-state index in [-0.39, 0.29) is 23.4 Å². The number of carbonyl (C=O) groups excluding carboxylic acids is 2. The SMILES string of the molecule is CCSc1nnc(NC(=O)[C@H](C)SCC(=O)Nc2ccc(F)cc2)s1. The third-order valence-electron chi connectivity index (χ3n) is 2.87. The number of rotatable bonds is 8. The minimum Gasteiger partial charge on any atom is -0.325 e. The van der Waals surface area contributed by atoms with Gasteiger partial charge in [0.15, 0.2) is 4.34 Å². The van der Waals surface area contributed by atoms with Gasteiger partial charge in [0.1, 0.15) is 5.82 Å². The fraction of sp³-hybridized carbons (Fsp3) is 0.333. The molecule has 25 heavy (non-hydrogen) atoms. The molecule has 0 aliphatic heterocycles. The summed E-state index contributed by atoms with van der Waals surface area (Å²) in [5.74, 6) is 0.143. The first-order valence-electron chi connectivity index (χ1n) is 7.42. The number of thioether (sulfide) groups is 2. The van der Waals surface area contributed by atoms with E-state index in [0.29, 0.717) is 10.8 Å². The van der Waals surface area contributed by atoms with Crippen LogP contribution in [0.5, 0.6) is 0 Å². The van der Waals surface area contributed by atoms with Crippen molar-refractivity contribution in [3.05, 3.63) is 30.1 Å². The second-order valence-corrected chi connectivity index (χ2v) is 8.62. The number of nitrogens with one attached hydrogen (secondary N) is 2. The second kappa shape index (κ2) is 9.73. The van der Waals surface area contributed by atoms with Gasteiger partial charge in [-0.05, 0) is 36.9 Å². The summed E-state index contributed by atoms with van der Waals surface area (Å²) >= 11 is 4.08. The highest BCUT2D eigenvalue weighted by atomic mass is 32.2. The number of aromatic nitrogens is 2. The highest BCUT2D eigenvalue weighted by molar-refractivity contribution is 8.01. The largest absolute Gasteiger partial charge is 0.325 e. The lowest BCUT2D eigenvalue weighted by molar-refractivity contribution is -0.115. The maximum absolute atomic E-state index is 12.8. The number of halogens is 1. The Balaban J connectivity index is 1.76. The van der Waals surface area contributed by atoms with Gasteiger partial charge in [0.05, 0.1) is 11.0 Å². The third-order valence-corrected chi connectivity index (χ3v) is 5.86. The standard InChI is InChI=1S/C15H17FN4O2S3/c1-3-23-15-20-19-14(25-15)18-13(22)9(2)24-8-12(21)17-11-6-4-10(16)5-7-11/h4-7,9H,3,8H2,1-2H3,(H,17,21)(H,18,19,22)/t9-/m0/s1. The molecule has 2 amide bonds. The molecule has 0 saturated carbocycles. The van der Waals surface area contributed by atoms with E-state index in [1.54, 1.807) is 18.7 Å². The number of anilines is 2. The van der Waals surface area contributed by atoms with Crippen molar-refractivity contribution in [3.63, 3.8) is 0 Å². The van der Waals surface area contributed by atoms with Crippen molar-refractivity contribution in [1.82, 2.24) is 10.2 Å². The van der Waals surface area contributed by atoms with Crippen molar-refractivity contribution >= 4 is 57.5 Å². The van der Waals surface area contributed by atoms with Crippen LogP contribution < -0.4 is 10.6 Å². The van der Waals surface area contributed by atoms with Gasteiger partial charge in [-0.1, -0.05) is 30.0 Å². The molecule has 2 aromatic rings. The topological polar surface area (TPSA) is 84.0 Å². The van der Waals surface area contributed by atoms with Gasteiger partial charge in [0.25, 0.3) is 0 Å². The normalized spacial score (nSPS) is 11.8. The van der Waals surface area contributed by atoms with Crippen LogP contribution in [0.3, 0.4) is 0 Å². The van der Waals surface area contributed by atoms with Gasteiger partial charge in [0.2, 0.25) is 16.9 Å². The zero-order valence-corrected chi connectivity index (χ0v) is 16.1. The summed E-state index contributed by atoms with van der Waals surface area (Å²) in [5.41, 5.74) is 0.513. The summed E-state index contributed by atoms with van der Waals surface area (Å²) in [6.45, 7) is 3.73. The Morgan fingerprint density at radius 2 is 1.96 bits per heavy atom. The zero-order chi connectivity index (χ0) is 18.2. The van der Waals surface area contributed by atoms with Crippen LogP contribution in [0.25, 0.3) is 0 Å². The van der Waals surface area contributed by atoms with Gasteiger partial charge < -0.3 is 5.32 Å². The minimum absolute atomic E-state index is 0.110. The molecular weight excluding hydrogens is 383 g/mol. The Morgan fingerprint density at radius 3 is 2.64 bits per heavy atom. The molecule has 0 unspecified atom stereocenters. The molecule has 0 aliphatic carbocycles. The zero-order valence-electron chi connectivity index (χ0n) is 13.6. The molecular formula is C15H17FN4O2S3. The molecule has 0 bridgehead atoms. The van der Waals surface area contributed by atoms with Gasteiger partial charge in [0, 0.05) is 5.69 Å². The quantitative estimate of drug-likeness (QED) is 0.521. The van der Waals surface area contributed by atoms with Gasteiger partial charge in [-0.15, -0.1) is 22.0 Å². The molecule has 6 nitrogen and oxygen atoms in total. The highest BCUT2D eigenvalue weighted by Gasteiger charge is 2.17. The lowest BCUT2D eigenvalue weighted by atomic mass is 10.3. The van der Waals surface area contributed by atoms with E-state index in [9.17, 15) is 14.0 Å². The van der Waals surface area contributed by atoms with Gasteiger partial charge in [-0.2, -0.15) is 0 Å². The van der Waals surface area contributed by atoms with Gasteiger partial charge in [-0.3, -0.25) is 14.9 Å². The van der Waals surface area contributed by atoms with E-state index < -0.39 is 5.25 Å². The molecule has 0 aliphatic rings. The molecule has 0 fully saturated rings. The van der Waals surface area contributed by atoms with Crippen molar-refractivity contribution in [1.29, 1.82) is 0 Å². The molecule has 10 heteroatoms. The monoisotopic (exact) mass is 400 g/mol. The van der Waals surface area contributed by atoms with Crippen LogP contribution in [0.2, 0.25) is 0 Å². The first-order valence-corrected chi connectivity index (χ1v) is 10.3. The summed E-state index contributed by atoms with van der Waals surface area (Å²) < 4.78 is 13.6. The number of nitrogens with zero attached hydrogens (tertiary/aromatic N) is 2. The molecule has 0 radical (unpaired) electrons. The Labute approximate surface area is 157 Å². The molecule has 1 aromatic heterocycles. The summed E-state index contributed by atoms with van der Waals surface area (Å²) in [6, 6.07) is 5.50. The Morgan fingerprint density at radius 1 is 1.24 bits per heavy atom. The molecule has 1 atom stereocenters. The first kappa shape index (κ1) is 19.7. The maximum Gasteiger partial charge on any atom is 0.239 e. The fourth-order valence-electron chi connectivity index (χ4n) is 1.66. The van der Waals surface area contributed by atoms with Crippen molar-refractivity contribution in [2.45, 2.75) is 23.4 Å². The van der Waals surface area contributed by atoms with Crippen LogP contribution in [0.15, 0.2) is 28.6 Å². The van der Waals surface area contributed by atoms with E-state index >= 15 is 0 Å². The molecule has 2 rings (SSSR count). The van der Waals surface area contributed by atoms with Crippen LogP contribution in [0, 0.1) is 5.82 Å². The van der Waals surface area contributed by atoms with Crippen LogP contribution in [-0.2, 0) is 9.59 Å². The molecule has 0 saturated heterocycles. The van der Waals surface area contributed by atoms with Gasteiger partial charge >= 0.3 is 0 Å². The second-order valence-electron chi connectivity index (χ2n) is 4.80. The average molecular weight is 401 g/mol. The molecule has 1 heterocycles. The van der Waals surface area contributed by atoms with E-state index in [1.165, 1.54) is 47.4 Å². The number of hydrogen-bond acceptors (Lipinski definition) is 7. The van der Waals surface area contributed by atoms with E-state index in [0.717, 1.165) is 10.1 Å². The van der Waals surface area contributed by atoms with Crippen molar-refractivity contribution in [2.75, 3.05) is 22.1 Å². The third kappa shape index (κ3) is 6.63. The first-order chi connectivity index (χ1) is 12.0. The van der Waals surface area contributed by atoms with E-state index in [1.807, 2.05) is 6.92 Å². The van der Waals surface area contributed by atoms with Crippen LogP contribution in [0.4, 0.5) is 15.2 Å². The average Bonchev–Trinajstić information content (AvgIpc) is 3.02. The highest BCUT2D eigenvalue weighted by Crippen LogP contribution is 2.25.